The Bertz CT molecular complexity index is 545. The second-order valence-electron chi connectivity index (χ2n) is 5.06. The van der Waals surface area contributed by atoms with Gasteiger partial charge < -0.3 is 14.7 Å². The fraction of sp³-hybridized carbons (Fsp3) is 0.615. The minimum atomic E-state index is 0.0126. The molecular weight excluding hydrogens is 262 g/mol. The van der Waals surface area contributed by atoms with Crippen molar-refractivity contribution in [1.82, 2.24) is 9.38 Å². The lowest BCUT2D eigenvalue weighted by atomic mass is 10.0. The molecular formula is C13H19N3O2S. The van der Waals surface area contributed by atoms with Crippen LogP contribution in [0.15, 0.2) is 11.6 Å². The van der Waals surface area contributed by atoms with E-state index in [1.807, 2.05) is 23.0 Å². The first-order valence-electron chi connectivity index (χ1n) is 6.63. The quantitative estimate of drug-likeness (QED) is 0.927. The Labute approximate surface area is 116 Å². The van der Waals surface area contributed by atoms with Gasteiger partial charge in [0, 0.05) is 31.8 Å². The number of aromatic nitrogens is 2. The highest BCUT2D eigenvalue weighted by Crippen LogP contribution is 2.25. The lowest BCUT2D eigenvalue weighted by Gasteiger charge is -2.27. The van der Waals surface area contributed by atoms with Crippen molar-refractivity contribution in [2.24, 2.45) is 5.92 Å². The number of thiazole rings is 1. The number of aliphatic hydroxyl groups excluding tert-OH is 1. The summed E-state index contributed by atoms with van der Waals surface area (Å²) in [6.07, 6.45) is 4.31. The maximum atomic E-state index is 9.57. The molecule has 5 nitrogen and oxygen atoms in total. The fourth-order valence-electron chi connectivity index (χ4n) is 2.70. The Morgan fingerprint density at radius 1 is 1.63 bits per heavy atom. The molecule has 2 aromatic rings. The summed E-state index contributed by atoms with van der Waals surface area (Å²) < 4.78 is 7.49. The van der Waals surface area contributed by atoms with Crippen molar-refractivity contribution >= 4 is 22.1 Å². The van der Waals surface area contributed by atoms with Crippen molar-refractivity contribution in [2.75, 3.05) is 31.7 Å². The van der Waals surface area contributed by atoms with E-state index in [4.69, 9.17) is 4.74 Å². The molecule has 0 bridgehead atoms. The van der Waals surface area contributed by atoms with Gasteiger partial charge in [-0.2, -0.15) is 0 Å². The lowest BCUT2D eigenvalue weighted by Crippen LogP contribution is -2.31. The Hall–Kier alpha value is -1.11. The summed E-state index contributed by atoms with van der Waals surface area (Å²) in [6, 6.07) is 0. The van der Waals surface area contributed by atoms with Gasteiger partial charge in [-0.15, -0.1) is 11.3 Å². The van der Waals surface area contributed by atoms with E-state index < -0.39 is 0 Å². The SMILES string of the molecule is CN(CC1CCCOC1)c1nc2sccn2c1CO. The van der Waals surface area contributed by atoms with Crippen LogP contribution in [-0.2, 0) is 11.3 Å². The molecule has 0 saturated carbocycles. The predicted molar refractivity (Wildman–Crippen MR) is 75.8 cm³/mol. The third-order valence-electron chi connectivity index (χ3n) is 3.64. The molecule has 6 heteroatoms. The highest BCUT2D eigenvalue weighted by Gasteiger charge is 2.20. The molecule has 1 N–H and O–H groups in total. The molecule has 0 amide bonds. The number of imidazole rings is 1. The number of ether oxygens (including phenoxy) is 1. The number of rotatable bonds is 4. The molecule has 1 atom stereocenters. The van der Waals surface area contributed by atoms with Crippen LogP contribution >= 0.6 is 11.3 Å². The van der Waals surface area contributed by atoms with Crippen LogP contribution in [0.5, 0.6) is 0 Å². The zero-order valence-corrected chi connectivity index (χ0v) is 11.9. The average molecular weight is 281 g/mol. The van der Waals surface area contributed by atoms with Crippen molar-refractivity contribution in [3.63, 3.8) is 0 Å². The largest absolute Gasteiger partial charge is 0.390 e. The van der Waals surface area contributed by atoms with Gasteiger partial charge in [0.25, 0.3) is 0 Å². The molecule has 1 fully saturated rings. The molecule has 104 valence electrons. The van der Waals surface area contributed by atoms with Gasteiger partial charge >= 0.3 is 0 Å². The summed E-state index contributed by atoms with van der Waals surface area (Å²) in [6.45, 7) is 2.67. The molecule has 19 heavy (non-hydrogen) atoms. The van der Waals surface area contributed by atoms with Crippen molar-refractivity contribution in [3.8, 4) is 0 Å². The summed E-state index contributed by atoms with van der Waals surface area (Å²) in [5.74, 6) is 1.45. The third kappa shape index (κ3) is 2.48. The van der Waals surface area contributed by atoms with Crippen LogP contribution in [0.4, 0.5) is 5.82 Å². The van der Waals surface area contributed by atoms with Gasteiger partial charge in [-0.3, -0.25) is 4.40 Å². The van der Waals surface area contributed by atoms with Crippen molar-refractivity contribution < 1.29 is 9.84 Å². The van der Waals surface area contributed by atoms with Crippen molar-refractivity contribution in [1.29, 1.82) is 0 Å². The molecule has 0 radical (unpaired) electrons. The Morgan fingerprint density at radius 2 is 2.53 bits per heavy atom. The molecule has 3 rings (SSSR count). The van der Waals surface area contributed by atoms with Crippen LogP contribution in [0.25, 0.3) is 4.96 Å². The van der Waals surface area contributed by atoms with E-state index in [-0.39, 0.29) is 6.61 Å². The molecule has 0 aliphatic carbocycles. The van der Waals surface area contributed by atoms with E-state index >= 15 is 0 Å². The van der Waals surface area contributed by atoms with Gasteiger partial charge in [0.15, 0.2) is 10.8 Å². The second-order valence-corrected chi connectivity index (χ2v) is 5.93. The first-order chi connectivity index (χ1) is 9.29. The lowest BCUT2D eigenvalue weighted by molar-refractivity contribution is 0.0576. The highest BCUT2D eigenvalue weighted by molar-refractivity contribution is 7.15. The topological polar surface area (TPSA) is 50.0 Å². The number of anilines is 1. The first-order valence-corrected chi connectivity index (χ1v) is 7.51. The minimum absolute atomic E-state index is 0.0126. The van der Waals surface area contributed by atoms with Crippen LogP contribution in [0.3, 0.4) is 0 Å². The molecule has 0 aromatic carbocycles. The monoisotopic (exact) mass is 281 g/mol. The number of fused-ring (bicyclic) bond motifs is 1. The van der Waals surface area contributed by atoms with E-state index in [0.717, 1.165) is 42.7 Å². The first kappa shape index (κ1) is 12.9. The van der Waals surface area contributed by atoms with E-state index in [9.17, 15) is 5.11 Å². The zero-order valence-electron chi connectivity index (χ0n) is 11.1. The Kier molecular flexibility index (Phi) is 3.72. The smallest absolute Gasteiger partial charge is 0.195 e. The third-order valence-corrected chi connectivity index (χ3v) is 4.39. The van der Waals surface area contributed by atoms with Gasteiger partial charge in [0.2, 0.25) is 0 Å². The normalized spacial score (nSPS) is 20.0. The van der Waals surface area contributed by atoms with Gasteiger partial charge in [-0.05, 0) is 18.8 Å². The van der Waals surface area contributed by atoms with Crippen molar-refractivity contribution in [2.45, 2.75) is 19.4 Å². The molecule has 3 heterocycles. The summed E-state index contributed by atoms with van der Waals surface area (Å²) >= 11 is 1.59. The number of nitrogens with zero attached hydrogens (tertiary/aromatic N) is 3. The molecule has 1 aliphatic rings. The number of hydrogen-bond acceptors (Lipinski definition) is 5. The summed E-state index contributed by atoms with van der Waals surface area (Å²) in [5, 5.41) is 11.6. The molecule has 2 aromatic heterocycles. The fourth-order valence-corrected chi connectivity index (χ4v) is 3.43. The summed E-state index contributed by atoms with van der Waals surface area (Å²) in [4.78, 5) is 7.69. The zero-order chi connectivity index (χ0) is 13.2. The number of hydrogen-bond donors (Lipinski definition) is 1. The Morgan fingerprint density at radius 3 is 3.26 bits per heavy atom. The van der Waals surface area contributed by atoms with Crippen LogP contribution in [0, 0.1) is 5.92 Å². The highest BCUT2D eigenvalue weighted by atomic mass is 32.1. The predicted octanol–water partition coefficient (Wildman–Crippen LogP) is 1.75. The van der Waals surface area contributed by atoms with Gasteiger partial charge in [0.05, 0.1) is 18.9 Å². The van der Waals surface area contributed by atoms with Crippen molar-refractivity contribution in [3.05, 3.63) is 17.3 Å². The van der Waals surface area contributed by atoms with E-state index in [2.05, 4.69) is 9.88 Å². The summed E-state index contributed by atoms with van der Waals surface area (Å²) in [5.41, 5.74) is 0.871. The number of aliphatic hydroxyl groups is 1. The second kappa shape index (κ2) is 5.48. The summed E-state index contributed by atoms with van der Waals surface area (Å²) in [7, 11) is 2.04. The molecule has 1 saturated heterocycles. The minimum Gasteiger partial charge on any atom is -0.390 e. The van der Waals surface area contributed by atoms with E-state index in [0.29, 0.717) is 5.92 Å². The van der Waals surface area contributed by atoms with Gasteiger partial charge in [0.1, 0.15) is 0 Å². The van der Waals surface area contributed by atoms with Crippen LogP contribution < -0.4 is 4.90 Å². The van der Waals surface area contributed by atoms with Gasteiger partial charge in [-0.1, -0.05) is 0 Å². The van der Waals surface area contributed by atoms with E-state index in [1.165, 1.54) is 6.42 Å². The maximum Gasteiger partial charge on any atom is 0.195 e. The molecule has 0 spiro atoms. The maximum absolute atomic E-state index is 9.57. The van der Waals surface area contributed by atoms with Gasteiger partial charge in [-0.25, -0.2) is 4.98 Å². The van der Waals surface area contributed by atoms with E-state index in [1.54, 1.807) is 11.3 Å². The standard InChI is InChI=1S/C13H19N3O2S/c1-15(7-10-3-2-5-18-9-10)12-11(8-17)16-4-6-19-13(16)14-12/h4,6,10,17H,2-3,5,7-9H2,1H3. The van der Waals surface area contributed by atoms with Crippen LogP contribution in [-0.4, -0.2) is 41.3 Å². The molecule has 1 aliphatic heterocycles. The molecule has 1 unspecified atom stereocenters. The van der Waals surface area contributed by atoms with Crippen LogP contribution in [0.2, 0.25) is 0 Å². The Balaban J connectivity index is 1.79. The van der Waals surface area contributed by atoms with Crippen LogP contribution in [0.1, 0.15) is 18.5 Å². The average Bonchev–Trinajstić information content (AvgIpc) is 2.99.